The van der Waals surface area contributed by atoms with Crippen LogP contribution in [0.4, 0.5) is 0 Å². The van der Waals surface area contributed by atoms with Crippen molar-refractivity contribution in [1.82, 2.24) is 10.6 Å². The first kappa shape index (κ1) is 17.0. The van der Waals surface area contributed by atoms with E-state index in [0.717, 1.165) is 25.7 Å². The molecule has 0 bridgehead atoms. The third-order valence-electron chi connectivity index (χ3n) is 4.31. The Hall–Kier alpha value is -1.10. The first-order valence-corrected chi connectivity index (χ1v) is 7.77. The average molecular weight is 284 g/mol. The van der Waals surface area contributed by atoms with Gasteiger partial charge in [-0.25, -0.2) is 0 Å². The molecule has 1 fully saturated rings. The predicted molar refractivity (Wildman–Crippen MR) is 78.1 cm³/mol. The van der Waals surface area contributed by atoms with Crippen molar-refractivity contribution in [3.63, 3.8) is 0 Å². The summed E-state index contributed by atoms with van der Waals surface area (Å²) in [5.41, 5.74) is -0.817. The summed E-state index contributed by atoms with van der Waals surface area (Å²) >= 11 is 0. The molecule has 1 rings (SSSR count). The van der Waals surface area contributed by atoms with Crippen LogP contribution in [-0.4, -0.2) is 35.6 Å². The minimum Gasteiger partial charge on any atom is -0.388 e. The van der Waals surface area contributed by atoms with Crippen molar-refractivity contribution < 1.29 is 14.7 Å². The van der Waals surface area contributed by atoms with Gasteiger partial charge < -0.3 is 15.7 Å². The van der Waals surface area contributed by atoms with Crippen LogP contribution in [0, 0.1) is 5.92 Å². The Bertz CT molecular complexity index is 321. The van der Waals surface area contributed by atoms with Crippen molar-refractivity contribution in [2.24, 2.45) is 5.92 Å². The van der Waals surface area contributed by atoms with Crippen LogP contribution in [0.2, 0.25) is 0 Å². The molecule has 1 aliphatic rings. The van der Waals surface area contributed by atoms with Crippen LogP contribution in [0.5, 0.6) is 0 Å². The van der Waals surface area contributed by atoms with Gasteiger partial charge >= 0.3 is 0 Å². The van der Waals surface area contributed by atoms with Gasteiger partial charge in [0.2, 0.25) is 11.8 Å². The van der Waals surface area contributed by atoms with Gasteiger partial charge in [0.1, 0.15) is 0 Å². The van der Waals surface area contributed by atoms with Gasteiger partial charge in [0.15, 0.2) is 0 Å². The highest BCUT2D eigenvalue weighted by Crippen LogP contribution is 2.24. The first-order valence-electron chi connectivity index (χ1n) is 7.77. The van der Waals surface area contributed by atoms with Gasteiger partial charge in [0.05, 0.1) is 5.60 Å². The fourth-order valence-corrected chi connectivity index (χ4v) is 2.48. The fourth-order valence-electron chi connectivity index (χ4n) is 2.48. The molecule has 0 spiro atoms. The lowest BCUT2D eigenvalue weighted by molar-refractivity contribution is -0.125. The molecule has 20 heavy (non-hydrogen) atoms. The lowest BCUT2D eigenvalue weighted by atomic mass is 9.97. The predicted octanol–water partition coefficient (Wildman–Crippen LogP) is 1.35. The molecule has 5 nitrogen and oxygen atoms in total. The van der Waals surface area contributed by atoms with E-state index in [1.807, 2.05) is 13.8 Å². The zero-order chi connectivity index (χ0) is 15.0. The summed E-state index contributed by atoms with van der Waals surface area (Å²) in [7, 11) is 0. The van der Waals surface area contributed by atoms with Gasteiger partial charge in [0, 0.05) is 25.4 Å². The summed E-state index contributed by atoms with van der Waals surface area (Å²) in [6, 6.07) is 0. The zero-order valence-electron chi connectivity index (χ0n) is 12.7. The molecule has 0 aromatic carbocycles. The maximum atomic E-state index is 11.8. The summed E-state index contributed by atoms with van der Waals surface area (Å²) in [6.07, 6.45) is 5.69. The average Bonchev–Trinajstić information content (AvgIpc) is 2.99. The molecule has 1 saturated carbocycles. The van der Waals surface area contributed by atoms with Gasteiger partial charge in [-0.15, -0.1) is 0 Å². The van der Waals surface area contributed by atoms with Gasteiger partial charge in [-0.2, -0.15) is 0 Å². The lowest BCUT2D eigenvalue weighted by Gasteiger charge is -2.25. The van der Waals surface area contributed by atoms with E-state index in [0.29, 0.717) is 19.4 Å². The van der Waals surface area contributed by atoms with Crippen LogP contribution in [0.3, 0.4) is 0 Å². The SMILES string of the molecule is CCC(O)(CC)CNC(=O)CCNC(=O)C1CCCC1. The molecule has 0 radical (unpaired) electrons. The number of carbonyl (C=O) groups excluding carboxylic acids is 2. The van der Waals surface area contributed by atoms with Gasteiger partial charge in [-0.05, 0) is 25.7 Å². The molecule has 3 N–H and O–H groups in total. The Labute approximate surface area is 121 Å². The van der Waals surface area contributed by atoms with E-state index in [9.17, 15) is 14.7 Å². The summed E-state index contributed by atoms with van der Waals surface area (Å²) in [4.78, 5) is 23.4. The molecular weight excluding hydrogens is 256 g/mol. The largest absolute Gasteiger partial charge is 0.388 e. The minimum absolute atomic E-state index is 0.0777. The molecular formula is C15H28N2O3. The highest BCUT2D eigenvalue weighted by molar-refractivity contribution is 5.80. The number of aliphatic hydroxyl groups is 1. The second kappa shape index (κ2) is 8.25. The second-order valence-corrected chi connectivity index (χ2v) is 5.73. The summed E-state index contributed by atoms with van der Waals surface area (Å²) in [6.45, 7) is 4.45. The number of amides is 2. The van der Waals surface area contributed by atoms with Gasteiger partial charge in [0.25, 0.3) is 0 Å². The number of nitrogens with one attached hydrogen (secondary N) is 2. The van der Waals surface area contributed by atoms with Crippen molar-refractivity contribution in [3.05, 3.63) is 0 Å². The van der Waals surface area contributed by atoms with Crippen molar-refractivity contribution >= 4 is 11.8 Å². The number of hydrogen-bond acceptors (Lipinski definition) is 3. The van der Waals surface area contributed by atoms with Crippen molar-refractivity contribution in [2.75, 3.05) is 13.1 Å². The van der Waals surface area contributed by atoms with Crippen molar-refractivity contribution in [2.45, 2.75) is 64.4 Å². The molecule has 0 aromatic heterocycles. The number of carbonyl (C=O) groups is 2. The Morgan fingerprint density at radius 2 is 1.75 bits per heavy atom. The van der Waals surface area contributed by atoms with E-state index in [-0.39, 0.29) is 30.7 Å². The maximum Gasteiger partial charge on any atom is 0.223 e. The first-order chi connectivity index (χ1) is 9.50. The molecule has 5 heteroatoms. The van der Waals surface area contributed by atoms with Crippen LogP contribution in [0.25, 0.3) is 0 Å². The molecule has 0 aliphatic heterocycles. The van der Waals surface area contributed by atoms with Crippen LogP contribution in [0.15, 0.2) is 0 Å². The quantitative estimate of drug-likeness (QED) is 0.629. The van der Waals surface area contributed by atoms with Crippen LogP contribution < -0.4 is 10.6 Å². The van der Waals surface area contributed by atoms with Gasteiger partial charge in [-0.1, -0.05) is 26.7 Å². The molecule has 2 amide bonds. The Balaban J connectivity index is 2.15. The van der Waals surface area contributed by atoms with Gasteiger partial charge in [-0.3, -0.25) is 9.59 Å². The normalized spacial score (nSPS) is 16.1. The van der Waals surface area contributed by atoms with E-state index in [2.05, 4.69) is 10.6 Å². The minimum atomic E-state index is -0.817. The molecule has 0 aromatic rings. The highest BCUT2D eigenvalue weighted by Gasteiger charge is 2.23. The summed E-state index contributed by atoms with van der Waals surface area (Å²) in [5.74, 6) is 0.0919. The van der Waals surface area contributed by atoms with E-state index >= 15 is 0 Å². The smallest absolute Gasteiger partial charge is 0.223 e. The standard InChI is InChI=1S/C15H28N2O3/c1-3-15(20,4-2)11-17-13(18)9-10-16-14(19)12-7-5-6-8-12/h12,20H,3-11H2,1-2H3,(H,16,19)(H,17,18). The molecule has 0 heterocycles. The highest BCUT2D eigenvalue weighted by atomic mass is 16.3. The van der Waals surface area contributed by atoms with E-state index in [1.54, 1.807) is 0 Å². The third kappa shape index (κ3) is 5.49. The van der Waals surface area contributed by atoms with E-state index in [4.69, 9.17) is 0 Å². The summed E-state index contributed by atoms with van der Waals surface area (Å²) in [5, 5.41) is 15.6. The third-order valence-corrected chi connectivity index (χ3v) is 4.31. The molecule has 116 valence electrons. The second-order valence-electron chi connectivity index (χ2n) is 5.73. The molecule has 0 atom stereocenters. The van der Waals surface area contributed by atoms with Crippen molar-refractivity contribution in [3.8, 4) is 0 Å². The molecule has 1 aliphatic carbocycles. The number of hydrogen-bond donors (Lipinski definition) is 3. The topological polar surface area (TPSA) is 78.4 Å². The Kier molecular flexibility index (Phi) is 6.99. The Morgan fingerprint density at radius 1 is 1.15 bits per heavy atom. The zero-order valence-corrected chi connectivity index (χ0v) is 12.7. The monoisotopic (exact) mass is 284 g/mol. The lowest BCUT2D eigenvalue weighted by Crippen LogP contribution is -2.43. The van der Waals surface area contributed by atoms with Crippen molar-refractivity contribution in [1.29, 1.82) is 0 Å². The maximum absolute atomic E-state index is 11.8. The van der Waals surface area contributed by atoms with E-state index < -0.39 is 5.60 Å². The fraction of sp³-hybridized carbons (Fsp3) is 0.867. The molecule has 0 unspecified atom stereocenters. The van der Waals surface area contributed by atoms with Crippen LogP contribution >= 0.6 is 0 Å². The van der Waals surface area contributed by atoms with Crippen LogP contribution in [-0.2, 0) is 9.59 Å². The molecule has 0 saturated heterocycles. The van der Waals surface area contributed by atoms with E-state index in [1.165, 1.54) is 0 Å². The van der Waals surface area contributed by atoms with Crippen LogP contribution in [0.1, 0.15) is 58.8 Å². The number of rotatable bonds is 8. The Morgan fingerprint density at radius 3 is 2.30 bits per heavy atom. The summed E-state index contributed by atoms with van der Waals surface area (Å²) < 4.78 is 0.